The van der Waals surface area contributed by atoms with Crippen molar-refractivity contribution in [1.29, 1.82) is 0 Å². The number of hydrogen-bond donors (Lipinski definition) is 1. The summed E-state index contributed by atoms with van der Waals surface area (Å²) >= 11 is 6.48. The highest BCUT2D eigenvalue weighted by atomic mass is 127. The zero-order valence-electron chi connectivity index (χ0n) is 21.0. The van der Waals surface area contributed by atoms with Gasteiger partial charge in [-0.1, -0.05) is 101 Å². The molecule has 0 radical (unpaired) electrons. The minimum atomic E-state index is -0.195. The lowest BCUT2D eigenvalue weighted by Crippen LogP contribution is -3.00. The van der Waals surface area contributed by atoms with E-state index < -0.39 is 0 Å². The zero-order valence-corrected chi connectivity index (χ0v) is 23.9. The summed E-state index contributed by atoms with van der Waals surface area (Å²) in [6, 6.07) is 11.3. The summed E-state index contributed by atoms with van der Waals surface area (Å²) in [7, 11) is 1.96. The van der Waals surface area contributed by atoms with E-state index in [2.05, 4.69) is 12.2 Å². The number of amides is 1. The van der Waals surface area contributed by atoms with Crippen LogP contribution in [-0.4, -0.2) is 12.5 Å². The summed E-state index contributed by atoms with van der Waals surface area (Å²) in [5.74, 6) is 0.386. The van der Waals surface area contributed by atoms with Crippen LogP contribution < -0.4 is 38.6 Å². The van der Waals surface area contributed by atoms with Crippen LogP contribution in [0.3, 0.4) is 0 Å². The first kappa shape index (κ1) is 30.7. The number of unbranched alkanes of at least 4 members (excludes halogenated alkanes) is 11. The lowest BCUT2D eigenvalue weighted by molar-refractivity contribution is -0.679. The summed E-state index contributed by atoms with van der Waals surface area (Å²) in [6.45, 7) is 3.34. The fourth-order valence-corrected chi connectivity index (χ4v) is 4.20. The van der Waals surface area contributed by atoms with E-state index in [4.69, 9.17) is 16.3 Å². The predicted octanol–water partition coefficient (Wildman–Crippen LogP) is 4.18. The standard InChI is InChI=1S/C28H41ClN2O2.HI/c1-3-4-5-6-7-8-9-10-11-12-13-16-22-33-26-20-17-19-25(27(26)29)28(32)30-23-24-18-14-15-21-31(24)2;/h14-15,17-21H,3-13,16,22-23H2,1-2H3;1H. The summed E-state index contributed by atoms with van der Waals surface area (Å²) in [4.78, 5) is 12.6. The number of carbonyl (C=O) groups excluding carboxylic acids is 1. The molecule has 0 atom stereocenters. The Labute approximate surface area is 228 Å². The molecule has 0 aliphatic carbocycles. The maximum Gasteiger partial charge on any atom is 0.253 e. The van der Waals surface area contributed by atoms with Crippen LogP contribution in [0.25, 0.3) is 0 Å². The lowest BCUT2D eigenvalue weighted by Gasteiger charge is -2.11. The molecule has 34 heavy (non-hydrogen) atoms. The minimum absolute atomic E-state index is 0. The van der Waals surface area contributed by atoms with Crippen molar-refractivity contribution in [2.45, 2.75) is 90.5 Å². The molecule has 1 amide bonds. The summed E-state index contributed by atoms with van der Waals surface area (Å²) in [5.41, 5.74) is 1.46. The van der Waals surface area contributed by atoms with Crippen molar-refractivity contribution in [3.63, 3.8) is 0 Å². The molecule has 4 nitrogen and oxygen atoms in total. The zero-order chi connectivity index (χ0) is 23.7. The number of carbonyl (C=O) groups is 1. The van der Waals surface area contributed by atoms with Crippen LogP contribution >= 0.6 is 11.6 Å². The van der Waals surface area contributed by atoms with E-state index in [-0.39, 0.29) is 29.9 Å². The van der Waals surface area contributed by atoms with Crippen LogP contribution in [-0.2, 0) is 13.6 Å². The minimum Gasteiger partial charge on any atom is -1.00 e. The smallest absolute Gasteiger partial charge is 0.253 e. The van der Waals surface area contributed by atoms with Gasteiger partial charge in [-0.2, -0.15) is 0 Å². The summed E-state index contributed by atoms with van der Waals surface area (Å²) in [6.07, 6.45) is 17.7. The van der Waals surface area contributed by atoms with Crippen LogP contribution in [0.2, 0.25) is 5.02 Å². The molecule has 0 unspecified atom stereocenters. The first-order chi connectivity index (χ1) is 16.1. The van der Waals surface area contributed by atoms with E-state index in [1.165, 1.54) is 70.6 Å². The number of pyridine rings is 1. The van der Waals surface area contributed by atoms with Gasteiger partial charge in [-0.05, 0) is 18.6 Å². The number of nitrogens with one attached hydrogen (secondary N) is 1. The van der Waals surface area contributed by atoms with Gasteiger partial charge in [0.05, 0.1) is 17.2 Å². The van der Waals surface area contributed by atoms with Crippen molar-refractivity contribution in [2.24, 2.45) is 7.05 Å². The topological polar surface area (TPSA) is 42.2 Å². The molecule has 0 aliphatic rings. The van der Waals surface area contributed by atoms with Crippen LogP contribution in [0.1, 0.15) is 100 Å². The Morgan fingerprint density at radius 2 is 1.50 bits per heavy atom. The van der Waals surface area contributed by atoms with Crippen molar-refractivity contribution >= 4 is 17.5 Å². The van der Waals surface area contributed by atoms with Gasteiger partial charge in [-0.15, -0.1) is 0 Å². The molecule has 1 aromatic heterocycles. The van der Waals surface area contributed by atoms with Crippen molar-refractivity contribution in [3.8, 4) is 5.75 Å². The summed E-state index contributed by atoms with van der Waals surface area (Å²) < 4.78 is 7.87. The van der Waals surface area contributed by atoms with Crippen molar-refractivity contribution in [2.75, 3.05) is 6.61 Å². The third kappa shape index (κ3) is 11.9. The Kier molecular flexibility index (Phi) is 17.1. The van der Waals surface area contributed by atoms with Gasteiger partial charge >= 0.3 is 0 Å². The van der Waals surface area contributed by atoms with E-state index >= 15 is 0 Å². The Hall–Kier alpha value is -1.34. The molecule has 190 valence electrons. The van der Waals surface area contributed by atoms with Gasteiger partial charge in [0, 0.05) is 12.1 Å². The number of aryl methyl sites for hydroxylation is 1. The van der Waals surface area contributed by atoms with E-state index in [1.807, 2.05) is 48.1 Å². The van der Waals surface area contributed by atoms with Gasteiger partial charge in [0.25, 0.3) is 5.91 Å². The maximum atomic E-state index is 12.6. The number of ether oxygens (including phenoxy) is 1. The molecular weight excluding hydrogens is 559 g/mol. The van der Waals surface area contributed by atoms with Crippen molar-refractivity contribution in [3.05, 3.63) is 58.9 Å². The fraction of sp³-hybridized carbons (Fsp3) is 0.571. The number of nitrogens with zero attached hydrogens (tertiary/aromatic N) is 1. The normalized spacial score (nSPS) is 10.6. The Balaban J connectivity index is 0.00000578. The third-order valence-electron chi connectivity index (χ3n) is 6.06. The van der Waals surface area contributed by atoms with Crippen LogP contribution in [0.4, 0.5) is 0 Å². The van der Waals surface area contributed by atoms with E-state index in [9.17, 15) is 4.79 Å². The Bertz CT molecular complexity index is 832. The average molecular weight is 601 g/mol. The van der Waals surface area contributed by atoms with Crippen molar-refractivity contribution in [1.82, 2.24) is 5.32 Å². The SMILES string of the molecule is CCCCCCCCCCCCCCOc1cccc(C(=O)NCc2cccc[n+]2C)c1Cl.[I-]. The van der Waals surface area contributed by atoms with Gasteiger partial charge < -0.3 is 34.0 Å². The fourth-order valence-electron chi connectivity index (χ4n) is 3.93. The molecule has 1 heterocycles. The molecule has 1 N–H and O–H groups in total. The molecule has 0 aliphatic heterocycles. The van der Waals surface area contributed by atoms with Crippen molar-refractivity contribution < 1.29 is 38.1 Å². The second-order valence-electron chi connectivity index (χ2n) is 8.84. The molecule has 0 spiro atoms. The molecule has 2 aromatic rings. The van der Waals surface area contributed by atoms with Gasteiger partial charge in [-0.3, -0.25) is 4.79 Å². The second-order valence-corrected chi connectivity index (χ2v) is 9.22. The highest BCUT2D eigenvalue weighted by Crippen LogP contribution is 2.28. The monoisotopic (exact) mass is 600 g/mol. The van der Waals surface area contributed by atoms with Gasteiger partial charge in [0.2, 0.25) is 0 Å². The Morgan fingerprint density at radius 3 is 2.12 bits per heavy atom. The predicted molar refractivity (Wildman–Crippen MR) is 137 cm³/mol. The Morgan fingerprint density at radius 1 is 0.882 bits per heavy atom. The number of benzene rings is 1. The largest absolute Gasteiger partial charge is 1.00 e. The quantitative estimate of drug-likeness (QED) is 0.168. The van der Waals surface area contributed by atoms with Crippen LogP contribution in [0, 0.1) is 0 Å². The number of aromatic nitrogens is 1. The molecule has 1 aromatic carbocycles. The van der Waals surface area contributed by atoms with E-state index in [0.717, 1.165) is 12.1 Å². The van der Waals surface area contributed by atoms with Gasteiger partial charge in [-0.25, -0.2) is 4.57 Å². The first-order valence-corrected chi connectivity index (χ1v) is 13.1. The third-order valence-corrected chi connectivity index (χ3v) is 6.45. The molecule has 2 rings (SSSR count). The number of halogens is 2. The first-order valence-electron chi connectivity index (χ1n) is 12.8. The second kappa shape index (κ2) is 18.9. The maximum absolute atomic E-state index is 12.6. The van der Waals surface area contributed by atoms with E-state index in [0.29, 0.717) is 29.5 Å². The van der Waals surface area contributed by atoms with Crippen LogP contribution in [0.15, 0.2) is 42.6 Å². The highest BCUT2D eigenvalue weighted by Gasteiger charge is 2.15. The molecule has 6 heteroatoms. The number of rotatable bonds is 17. The van der Waals surface area contributed by atoms with E-state index in [1.54, 1.807) is 6.07 Å². The number of hydrogen-bond acceptors (Lipinski definition) is 2. The van der Waals surface area contributed by atoms with Gasteiger partial charge in [0.1, 0.15) is 19.3 Å². The lowest BCUT2D eigenvalue weighted by atomic mass is 10.1. The van der Waals surface area contributed by atoms with Gasteiger partial charge in [0.15, 0.2) is 11.9 Å². The molecule has 0 saturated heterocycles. The highest BCUT2D eigenvalue weighted by molar-refractivity contribution is 6.35. The molecule has 0 bridgehead atoms. The average Bonchev–Trinajstić information content (AvgIpc) is 2.82. The molecular formula is C28H42ClIN2O2. The van der Waals surface area contributed by atoms with Crippen LogP contribution in [0.5, 0.6) is 5.75 Å². The molecule has 0 saturated carbocycles. The summed E-state index contributed by atoms with van der Waals surface area (Å²) in [5, 5.41) is 3.32. The molecule has 0 fully saturated rings.